The summed E-state index contributed by atoms with van der Waals surface area (Å²) in [5, 5.41) is 4.76. The van der Waals surface area contributed by atoms with Gasteiger partial charge in [-0.3, -0.25) is 0 Å². The number of hydrogen-bond donors (Lipinski definition) is 2. The van der Waals surface area contributed by atoms with Gasteiger partial charge in [0.25, 0.3) is 10.0 Å². The molecule has 0 aliphatic carbocycles. The molecule has 0 saturated heterocycles. The molecule has 2 N–H and O–H groups in total. The lowest BCUT2D eigenvalue weighted by atomic mass is 10.1. The van der Waals surface area contributed by atoms with Crippen LogP contribution in [-0.4, -0.2) is 20.6 Å². The molecule has 30 heavy (non-hydrogen) atoms. The second-order valence-corrected chi connectivity index (χ2v) is 8.31. The third-order valence-electron chi connectivity index (χ3n) is 3.29. The van der Waals surface area contributed by atoms with Crippen molar-refractivity contribution in [3.63, 3.8) is 0 Å². The molecule has 2 aromatic rings. The summed E-state index contributed by atoms with van der Waals surface area (Å²) in [5.74, 6) is -0.664. The van der Waals surface area contributed by atoms with Gasteiger partial charge in [0.15, 0.2) is 0 Å². The van der Waals surface area contributed by atoms with Gasteiger partial charge >= 0.3 is 12.4 Å². The molecule has 14 heteroatoms. The average molecular weight is 494 g/mol. The van der Waals surface area contributed by atoms with Crippen LogP contribution in [0.2, 0.25) is 10.0 Å². The molecule has 0 aliphatic heterocycles. The van der Waals surface area contributed by atoms with Crippen molar-refractivity contribution in [1.82, 2.24) is 0 Å². The Bertz CT molecular complexity index is 1050. The van der Waals surface area contributed by atoms with Gasteiger partial charge in [-0.25, -0.2) is 8.42 Å². The molecule has 0 bridgehead atoms. The van der Waals surface area contributed by atoms with Crippen molar-refractivity contribution < 1.29 is 34.8 Å². The fourth-order valence-corrected chi connectivity index (χ4v) is 2.84. The van der Waals surface area contributed by atoms with Crippen molar-refractivity contribution in [3.8, 4) is 0 Å². The maximum Gasteiger partial charge on any atom is 0.416 e. The highest BCUT2D eigenvalue weighted by molar-refractivity contribution is 7.89. The second kappa shape index (κ2) is 8.52. The molecular formula is C16H11Cl2F6N3O2S. The molecule has 2 aromatic carbocycles. The second-order valence-electron chi connectivity index (χ2n) is 5.85. The zero-order chi connectivity index (χ0) is 22.9. The van der Waals surface area contributed by atoms with Crippen molar-refractivity contribution in [1.29, 1.82) is 0 Å². The molecule has 0 aliphatic rings. The number of nitrogens with zero attached hydrogens (tertiary/aromatic N) is 1. The maximum absolute atomic E-state index is 13.0. The van der Waals surface area contributed by atoms with Crippen LogP contribution in [0.3, 0.4) is 0 Å². The van der Waals surface area contributed by atoms with E-state index in [-0.39, 0.29) is 21.8 Å². The molecular weight excluding hydrogens is 483 g/mol. The lowest BCUT2D eigenvalue weighted by Gasteiger charge is -2.17. The summed E-state index contributed by atoms with van der Waals surface area (Å²) >= 11 is 11.6. The van der Waals surface area contributed by atoms with E-state index < -0.39 is 45.1 Å². The fraction of sp³-hybridized carbons (Fsp3) is 0.188. The Morgan fingerprint density at radius 1 is 0.833 bits per heavy atom. The predicted octanol–water partition coefficient (Wildman–Crippen LogP) is 5.87. The van der Waals surface area contributed by atoms with E-state index in [1.807, 2.05) is 0 Å². The Balaban J connectivity index is 2.51. The van der Waals surface area contributed by atoms with Crippen molar-refractivity contribution in [2.45, 2.75) is 12.4 Å². The van der Waals surface area contributed by atoms with E-state index in [0.717, 1.165) is 0 Å². The van der Waals surface area contributed by atoms with E-state index in [0.29, 0.717) is 18.4 Å². The molecule has 0 unspecified atom stereocenters. The SMILES string of the molecule is CS(=O)(=O)/N=C(/Nc1cc(C(F)(F)F)cc(C(F)(F)F)c1)Nc1ccc(Cl)c(Cl)c1. The standard InChI is InChI=1S/C16H11Cl2F6N3O2S/c1-30(28,29)27-14(25-10-2-3-12(17)13(18)7-10)26-11-5-8(15(19,20)21)4-9(6-11)16(22,23)24/h2-7H,1H3,(H2,25,26,27). The zero-order valence-corrected chi connectivity index (χ0v) is 17.0. The van der Waals surface area contributed by atoms with Gasteiger partial charge in [-0.05, 0) is 36.4 Å². The molecule has 0 amide bonds. The first kappa shape index (κ1) is 24.1. The number of sulfonamides is 1. The minimum absolute atomic E-state index is 0.0544. The lowest BCUT2D eigenvalue weighted by molar-refractivity contribution is -0.143. The van der Waals surface area contributed by atoms with E-state index in [9.17, 15) is 34.8 Å². The molecule has 0 saturated carbocycles. The summed E-state index contributed by atoms with van der Waals surface area (Å²) in [7, 11) is -4.10. The molecule has 0 aromatic heterocycles. The minimum Gasteiger partial charge on any atom is -0.325 e. The van der Waals surface area contributed by atoms with Gasteiger partial charge in [0, 0.05) is 11.4 Å². The highest BCUT2D eigenvalue weighted by Gasteiger charge is 2.37. The summed E-state index contributed by atoms with van der Waals surface area (Å²) in [6.07, 6.45) is -9.48. The number of nitrogens with one attached hydrogen (secondary N) is 2. The van der Waals surface area contributed by atoms with Gasteiger partial charge in [-0.2, -0.15) is 26.3 Å². The van der Waals surface area contributed by atoms with Crippen molar-refractivity contribution in [2.24, 2.45) is 4.40 Å². The van der Waals surface area contributed by atoms with Crippen molar-refractivity contribution >= 4 is 50.6 Å². The van der Waals surface area contributed by atoms with Gasteiger partial charge < -0.3 is 10.6 Å². The highest BCUT2D eigenvalue weighted by atomic mass is 35.5. The average Bonchev–Trinajstić information content (AvgIpc) is 2.55. The topological polar surface area (TPSA) is 70.6 Å². The third kappa shape index (κ3) is 6.96. The first-order valence-corrected chi connectivity index (χ1v) is 10.2. The van der Waals surface area contributed by atoms with Crippen LogP contribution in [0.4, 0.5) is 37.7 Å². The maximum atomic E-state index is 13.0. The Hall–Kier alpha value is -2.18. The molecule has 0 heterocycles. The number of benzene rings is 2. The highest BCUT2D eigenvalue weighted by Crippen LogP contribution is 2.37. The largest absolute Gasteiger partial charge is 0.416 e. The number of guanidine groups is 1. The van der Waals surface area contributed by atoms with E-state index in [4.69, 9.17) is 23.2 Å². The first-order valence-electron chi connectivity index (χ1n) is 7.63. The van der Waals surface area contributed by atoms with Crippen LogP contribution < -0.4 is 10.6 Å². The summed E-state index contributed by atoms with van der Waals surface area (Å²) in [4.78, 5) is 0. The van der Waals surface area contributed by atoms with Crippen molar-refractivity contribution in [2.75, 3.05) is 16.9 Å². The Morgan fingerprint density at radius 2 is 1.33 bits per heavy atom. The fourth-order valence-electron chi connectivity index (χ4n) is 2.12. The van der Waals surface area contributed by atoms with Crippen LogP contribution in [0.5, 0.6) is 0 Å². The Morgan fingerprint density at radius 3 is 1.77 bits per heavy atom. The molecule has 0 radical (unpaired) electrons. The minimum atomic E-state index is -5.08. The van der Waals surface area contributed by atoms with E-state index in [1.54, 1.807) is 0 Å². The molecule has 0 fully saturated rings. The zero-order valence-electron chi connectivity index (χ0n) is 14.7. The normalized spacial score (nSPS) is 13.3. The molecule has 2 rings (SSSR count). The van der Waals surface area contributed by atoms with Crippen LogP contribution in [0.15, 0.2) is 40.8 Å². The number of halogens is 8. The van der Waals surface area contributed by atoms with Crippen molar-refractivity contribution in [3.05, 3.63) is 57.6 Å². The van der Waals surface area contributed by atoms with Crippen LogP contribution >= 0.6 is 23.2 Å². The third-order valence-corrected chi connectivity index (χ3v) is 4.54. The van der Waals surface area contributed by atoms with E-state index in [1.165, 1.54) is 18.2 Å². The van der Waals surface area contributed by atoms with Gasteiger partial charge in [-0.1, -0.05) is 23.2 Å². The Labute approximate surface area is 176 Å². The number of alkyl halides is 6. The van der Waals surface area contributed by atoms with Gasteiger partial charge in [0.05, 0.1) is 27.4 Å². The predicted molar refractivity (Wildman–Crippen MR) is 102 cm³/mol. The van der Waals surface area contributed by atoms with E-state index in [2.05, 4.69) is 15.0 Å². The van der Waals surface area contributed by atoms with Gasteiger partial charge in [0.1, 0.15) is 0 Å². The van der Waals surface area contributed by atoms with Crippen LogP contribution in [0.25, 0.3) is 0 Å². The molecule has 0 atom stereocenters. The summed E-state index contributed by atoms with van der Waals surface area (Å²) in [6, 6.07) is 4.60. The monoisotopic (exact) mass is 493 g/mol. The molecule has 5 nitrogen and oxygen atoms in total. The first-order chi connectivity index (χ1) is 13.5. The molecule has 0 spiro atoms. The van der Waals surface area contributed by atoms with Crippen LogP contribution in [0, 0.1) is 0 Å². The quantitative estimate of drug-likeness (QED) is 0.318. The van der Waals surface area contributed by atoms with Gasteiger partial charge in [0.2, 0.25) is 5.96 Å². The number of hydrogen-bond acceptors (Lipinski definition) is 2. The van der Waals surface area contributed by atoms with Gasteiger partial charge in [-0.15, -0.1) is 4.40 Å². The number of anilines is 2. The van der Waals surface area contributed by atoms with E-state index >= 15 is 0 Å². The Kier molecular flexibility index (Phi) is 6.84. The summed E-state index contributed by atoms with van der Waals surface area (Å²) < 4.78 is 104. The smallest absolute Gasteiger partial charge is 0.325 e. The van der Waals surface area contributed by atoms with Crippen LogP contribution in [-0.2, 0) is 22.4 Å². The summed E-state index contributed by atoms with van der Waals surface area (Å²) in [5.41, 5.74) is -3.77. The molecule has 164 valence electrons. The lowest BCUT2D eigenvalue weighted by Crippen LogP contribution is -2.24. The number of rotatable bonds is 3. The van der Waals surface area contributed by atoms with Crippen LogP contribution in [0.1, 0.15) is 11.1 Å². The summed E-state index contributed by atoms with van der Waals surface area (Å²) in [6.45, 7) is 0.